The molecule has 0 aliphatic rings. The highest BCUT2D eigenvalue weighted by Crippen LogP contribution is 2.05. The van der Waals surface area contributed by atoms with Crippen LogP contribution < -0.4 is 5.32 Å². The van der Waals surface area contributed by atoms with Gasteiger partial charge in [-0.1, -0.05) is 5.92 Å². The van der Waals surface area contributed by atoms with Gasteiger partial charge in [0.1, 0.15) is 12.1 Å². The van der Waals surface area contributed by atoms with Crippen molar-refractivity contribution in [1.82, 2.24) is 19.9 Å². The zero-order valence-electron chi connectivity index (χ0n) is 9.00. The first-order chi connectivity index (χ1) is 8.31. The predicted octanol–water partition coefficient (Wildman–Crippen LogP) is 0.630. The lowest BCUT2D eigenvalue weighted by Crippen LogP contribution is -2.23. The monoisotopic (exact) mass is 226 g/mol. The lowest BCUT2D eigenvalue weighted by Gasteiger charge is -2.03. The van der Waals surface area contributed by atoms with Crippen molar-refractivity contribution in [2.75, 3.05) is 6.54 Å². The van der Waals surface area contributed by atoms with Crippen molar-refractivity contribution in [3.8, 4) is 18.2 Å². The molecule has 0 saturated heterocycles. The fourth-order valence-electron chi connectivity index (χ4n) is 1.30. The van der Waals surface area contributed by atoms with Gasteiger partial charge in [-0.3, -0.25) is 9.36 Å². The Kier molecular flexibility index (Phi) is 3.17. The highest BCUT2D eigenvalue weighted by Gasteiger charge is 2.05. The van der Waals surface area contributed by atoms with Crippen molar-refractivity contribution in [1.29, 1.82) is 0 Å². The van der Waals surface area contributed by atoms with Crippen LogP contribution in [0.15, 0.2) is 37.1 Å². The van der Waals surface area contributed by atoms with E-state index in [2.05, 4.69) is 21.2 Å². The molecule has 0 saturated carbocycles. The molecule has 0 aliphatic heterocycles. The summed E-state index contributed by atoms with van der Waals surface area (Å²) in [6.45, 7) is 0.210. The van der Waals surface area contributed by atoms with Crippen LogP contribution in [0, 0.1) is 12.3 Å². The number of hydrogen-bond acceptors (Lipinski definition) is 3. The molecule has 0 aromatic carbocycles. The maximum atomic E-state index is 11.5. The number of terminal acetylenes is 1. The topological polar surface area (TPSA) is 59.8 Å². The number of imidazole rings is 1. The van der Waals surface area contributed by atoms with Gasteiger partial charge in [-0.25, -0.2) is 9.97 Å². The first kappa shape index (κ1) is 10.9. The maximum absolute atomic E-state index is 11.5. The molecule has 1 N–H and O–H groups in total. The number of carbonyl (C=O) groups is 1. The molecule has 84 valence electrons. The summed E-state index contributed by atoms with van der Waals surface area (Å²) in [5, 5.41) is 2.57. The van der Waals surface area contributed by atoms with E-state index in [1.807, 2.05) is 0 Å². The lowest BCUT2D eigenvalue weighted by atomic mass is 10.2. The summed E-state index contributed by atoms with van der Waals surface area (Å²) in [5.41, 5.74) is 0.476. The van der Waals surface area contributed by atoms with Crippen LogP contribution >= 0.6 is 0 Å². The summed E-state index contributed by atoms with van der Waals surface area (Å²) in [5.74, 6) is 2.81. The highest BCUT2D eigenvalue weighted by molar-refractivity contribution is 5.94. The SMILES string of the molecule is C#CCNC(=O)c1ccc(-n2ccnc2)nc1. The van der Waals surface area contributed by atoms with Gasteiger partial charge in [0.15, 0.2) is 0 Å². The molecule has 2 heterocycles. The summed E-state index contributed by atoms with van der Waals surface area (Å²) >= 11 is 0. The molecule has 0 fully saturated rings. The minimum absolute atomic E-state index is 0.210. The number of amides is 1. The van der Waals surface area contributed by atoms with E-state index in [0.29, 0.717) is 11.4 Å². The summed E-state index contributed by atoms with van der Waals surface area (Å²) in [6, 6.07) is 3.43. The van der Waals surface area contributed by atoms with Gasteiger partial charge in [-0.15, -0.1) is 6.42 Å². The van der Waals surface area contributed by atoms with Gasteiger partial charge in [0.2, 0.25) is 0 Å². The van der Waals surface area contributed by atoms with E-state index in [9.17, 15) is 4.79 Å². The van der Waals surface area contributed by atoms with Gasteiger partial charge in [-0.05, 0) is 12.1 Å². The lowest BCUT2D eigenvalue weighted by molar-refractivity contribution is 0.0958. The number of nitrogens with one attached hydrogen (secondary N) is 1. The van der Waals surface area contributed by atoms with Crippen molar-refractivity contribution in [2.45, 2.75) is 0 Å². The third-order valence-corrected chi connectivity index (χ3v) is 2.13. The first-order valence-electron chi connectivity index (χ1n) is 4.97. The van der Waals surface area contributed by atoms with Crippen molar-refractivity contribution < 1.29 is 4.79 Å². The Balaban J connectivity index is 2.14. The third-order valence-electron chi connectivity index (χ3n) is 2.13. The van der Waals surface area contributed by atoms with Crippen molar-refractivity contribution in [3.05, 3.63) is 42.6 Å². The number of carbonyl (C=O) groups excluding carboxylic acids is 1. The van der Waals surface area contributed by atoms with E-state index >= 15 is 0 Å². The molecule has 0 aliphatic carbocycles. The van der Waals surface area contributed by atoms with E-state index < -0.39 is 0 Å². The Morgan fingerprint density at radius 1 is 1.53 bits per heavy atom. The largest absolute Gasteiger partial charge is 0.341 e. The van der Waals surface area contributed by atoms with E-state index in [-0.39, 0.29) is 12.5 Å². The second kappa shape index (κ2) is 4.94. The van der Waals surface area contributed by atoms with Crippen molar-refractivity contribution in [3.63, 3.8) is 0 Å². The average molecular weight is 226 g/mol. The van der Waals surface area contributed by atoms with Crippen LogP contribution in [0.2, 0.25) is 0 Å². The smallest absolute Gasteiger partial charge is 0.253 e. The Hall–Kier alpha value is -2.61. The Labute approximate surface area is 98.5 Å². The molecule has 5 heteroatoms. The minimum Gasteiger partial charge on any atom is -0.341 e. The molecule has 0 bridgehead atoms. The molecule has 1 amide bonds. The Bertz CT molecular complexity index is 537. The van der Waals surface area contributed by atoms with Crippen molar-refractivity contribution >= 4 is 5.91 Å². The number of pyridine rings is 1. The molecule has 0 unspecified atom stereocenters. The summed E-state index contributed by atoms with van der Waals surface area (Å²) in [7, 11) is 0. The van der Waals surface area contributed by atoms with Crippen LogP contribution in [0.3, 0.4) is 0 Å². The highest BCUT2D eigenvalue weighted by atomic mass is 16.1. The zero-order valence-corrected chi connectivity index (χ0v) is 9.00. The van der Waals surface area contributed by atoms with Crippen LogP contribution in [0.4, 0.5) is 0 Å². The van der Waals surface area contributed by atoms with E-state index in [0.717, 1.165) is 0 Å². The maximum Gasteiger partial charge on any atom is 0.253 e. The Morgan fingerprint density at radius 2 is 2.41 bits per heavy atom. The first-order valence-corrected chi connectivity index (χ1v) is 4.97. The van der Waals surface area contributed by atoms with Crippen LogP contribution in [0.25, 0.3) is 5.82 Å². The number of nitrogens with zero attached hydrogens (tertiary/aromatic N) is 3. The standard InChI is InChI=1S/C12H10N4O/c1-2-5-14-12(17)10-3-4-11(15-8-10)16-7-6-13-9-16/h1,3-4,6-9H,5H2,(H,14,17). The van der Waals surface area contributed by atoms with Crippen LogP contribution in [0.1, 0.15) is 10.4 Å². The van der Waals surface area contributed by atoms with Gasteiger partial charge in [0.25, 0.3) is 5.91 Å². The number of aromatic nitrogens is 3. The molecular weight excluding hydrogens is 216 g/mol. The van der Waals surface area contributed by atoms with Gasteiger partial charge in [0, 0.05) is 18.6 Å². The summed E-state index contributed by atoms with van der Waals surface area (Å²) in [4.78, 5) is 19.6. The van der Waals surface area contributed by atoms with Gasteiger partial charge in [0.05, 0.1) is 12.1 Å². The molecule has 17 heavy (non-hydrogen) atoms. The minimum atomic E-state index is -0.229. The fourth-order valence-corrected chi connectivity index (χ4v) is 1.30. The summed E-state index contributed by atoms with van der Waals surface area (Å²) in [6.07, 6.45) is 11.6. The van der Waals surface area contributed by atoms with Crippen LogP contribution in [-0.4, -0.2) is 27.0 Å². The summed E-state index contributed by atoms with van der Waals surface area (Å²) < 4.78 is 1.75. The van der Waals surface area contributed by atoms with Gasteiger partial charge in [-0.2, -0.15) is 0 Å². The molecule has 0 atom stereocenters. The van der Waals surface area contributed by atoms with E-state index in [4.69, 9.17) is 6.42 Å². The molecule has 0 radical (unpaired) electrons. The predicted molar refractivity (Wildman–Crippen MR) is 62.5 cm³/mol. The molecule has 2 aromatic heterocycles. The van der Waals surface area contributed by atoms with Crippen molar-refractivity contribution in [2.24, 2.45) is 0 Å². The average Bonchev–Trinajstić information content (AvgIpc) is 2.90. The molecule has 5 nitrogen and oxygen atoms in total. The van der Waals surface area contributed by atoms with Crippen LogP contribution in [-0.2, 0) is 0 Å². The second-order valence-corrected chi connectivity index (χ2v) is 3.26. The second-order valence-electron chi connectivity index (χ2n) is 3.26. The normalized spacial score (nSPS) is 9.59. The van der Waals surface area contributed by atoms with E-state index in [1.165, 1.54) is 6.20 Å². The molecule has 0 spiro atoms. The zero-order chi connectivity index (χ0) is 12.1. The molecule has 2 rings (SSSR count). The van der Waals surface area contributed by atoms with E-state index in [1.54, 1.807) is 35.4 Å². The number of rotatable bonds is 3. The number of hydrogen-bond donors (Lipinski definition) is 1. The molecule has 2 aromatic rings. The Morgan fingerprint density at radius 3 is 3.00 bits per heavy atom. The fraction of sp³-hybridized carbons (Fsp3) is 0.0833. The van der Waals surface area contributed by atoms with Gasteiger partial charge < -0.3 is 5.32 Å². The van der Waals surface area contributed by atoms with Crippen LogP contribution in [0.5, 0.6) is 0 Å². The molecular formula is C12H10N4O. The quantitative estimate of drug-likeness (QED) is 0.781. The van der Waals surface area contributed by atoms with Gasteiger partial charge >= 0.3 is 0 Å². The third kappa shape index (κ3) is 2.49.